The molecule has 0 saturated heterocycles. The van der Waals surface area contributed by atoms with Crippen LogP contribution in [0, 0.1) is 11.8 Å². The number of carbonyl (C=O) groups is 3. The number of ether oxygens (including phenoxy) is 3. The van der Waals surface area contributed by atoms with Gasteiger partial charge in [0.05, 0.1) is 0 Å². The second-order valence-corrected chi connectivity index (χ2v) is 20.6. The van der Waals surface area contributed by atoms with E-state index in [0.29, 0.717) is 19.3 Å². The molecule has 0 aliphatic carbocycles. The Bertz CT molecular complexity index is 980. The van der Waals surface area contributed by atoms with Crippen LogP contribution in [0.4, 0.5) is 0 Å². The van der Waals surface area contributed by atoms with Gasteiger partial charge in [-0.05, 0) is 31.1 Å². The van der Waals surface area contributed by atoms with Gasteiger partial charge in [0.1, 0.15) is 13.2 Å². The third-order valence-electron chi connectivity index (χ3n) is 13.6. The average Bonchev–Trinajstić information content (AvgIpc) is 3.28. The first-order valence-electron chi connectivity index (χ1n) is 28.8. The van der Waals surface area contributed by atoms with Crippen LogP contribution in [-0.2, 0) is 28.6 Å². The average molecular weight is 906 g/mol. The number of rotatable bonds is 52. The van der Waals surface area contributed by atoms with Crippen LogP contribution in [0.25, 0.3) is 0 Å². The topological polar surface area (TPSA) is 78.9 Å². The Kier molecular flexibility index (Phi) is 49.6. The lowest BCUT2D eigenvalue weighted by Gasteiger charge is -2.18. The quantitative estimate of drug-likeness (QED) is 0.0344. The van der Waals surface area contributed by atoms with Crippen molar-refractivity contribution in [2.24, 2.45) is 11.8 Å². The summed E-state index contributed by atoms with van der Waals surface area (Å²) in [5.74, 6) is 0.863. The van der Waals surface area contributed by atoms with E-state index in [-0.39, 0.29) is 31.1 Å². The Morgan fingerprint density at radius 1 is 0.328 bits per heavy atom. The van der Waals surface area contributed by atoms with Gasteiger partial charge in [0.15, 0.2) is 6.10 Å². The zero-order valence-electron chi connectivity index (χ0n) is 43.9. The first-order valence-corrected chi connectivity index (χ1v) is 28.8. The van der Waals surface area contributed by atoms with Gasteiger partial charge in [0.2, 0.25) is 0 Å². The van der Waals surface area contributed by atoms with Crippen molar-refractivity contribution in [2.45, 2.75) is 330 Å². The van der Waals surface area contributed by atoms with Crippen molar-refractivity contribution in [3.8, 4) is 0 Å². The van der Waals surface area contributed by atoms with E-state index in [4.69, 9.17) is 14.2 Å². The first kappa shape index (κ1) is 62.4. The van der Waals surface area contributed by atoms with Gasteiger partial charge in [-0.3, -0.25) is 14.4 Å². The third kappa shape index (κ3) is 49.8. The minimum atomic E-state index is -0.763. The maximum absolute atomic E-state index is 12.8. The molecule has 0 radical (unpaired) electrons. The van der Waals surface area contributed by atoms with E-state index in [1.54, 1.807) is 0 Å². The van der Waals surface area contributed by atoms with Gasteiger partial charge >= 0.3 is 17.9 Å². The molecule has 6 heteroatoms. The molecule has 0 N–H and O–H groups in total. The predicted octanol–water partition coefficient (Wildman–Crippen LogP) is 18.9. The van der Waals surface area contributed by atoms with Gasteiger partial charge in [-0.15, -0.1) is 0 Å². The Morgan fingerprint density at radius 2 is 0.594 bits per heavy atom. The fourth-order valence-corrected chi connectivity index (χ4v) is 8.84. The minimum Gasteiger partial charge on any atom is -0.462 e. The largest absolute Gasteiger partial charge is 0.462 e. The van der Waals surface area contributed by atoms with Gasteiger partial charge in [-0.25, -0.2) is 0 Å². The van der Waals surface area contributed by atoms with E-state index >= 15 is 0 Å². The smallest absolute Gasteiger partial charge is 0.306 e. The molecule has 0 aromatic heterocycles. The number of esters is 3. The Balaban J connectivity index is 4.31. The van der Waals surface area contributed by atoms with Crippen molar-refractivity contribution in [3.05, 3.63) is 0 Å². The zero-order valence-corrected chi connectivity index (χ0v) is 43.9. The molecule has 380 valence electrons. The summed E-state index contributed by atoms with van der Waals surface area (Å²) in [5.41, 5.74) is 0. The molecule has 0 saturated carbocycles. The van der Waals surface area contributed by atoms with E-state index in [1.165, 1.54) is 212 Å². The van der Waals surface area contributed by atoms with Gasteiger partial charge in [0, 0.05) is 19.3 Å². The highest BCUT2D eigenvalue weighted by molar-refractivity contribution is 5.71. The summed E-state index contributed by atoms with van der Waals surface area (Å²) in [6, 6.07) is 0. The molecule has 0 fully saturated rings. The van der Waals surface area contributed by atoms with Gasteiger partial charge < -0.3 is 14.2 Å². The molecule has 0 heterocycles. The van der Waals surface area contributed by atoms with Crippen LogP contribution in [0.5, 0.6) is 0 Å². The van der Waals surface area contributed by atoms with Crippen LogP contribution in [-0.4, -0.2) is 37.2 Å². The summed E-state index contributed by atoms with van der Waals surface area (Å²) in [5, 5.41) is 0. The Hall–Kier alpha value is -1.59. The highest BCUT2D eigenvalue weighted by atomic mass is 16.6. The van der Waals surface area contributed by atoms with Crippen molar-refractivity contribution in [2.75, 3.05) is 13.2 Å². The standard InChI is InChI=1S/C58H112O6/c1-6-8-9-10-11-12-13-14-15-16-17-18-23-30-35-40-45-50-58(61)64-55(52-63-57(60)49-44-39-34-29-25-24-27-32-37-42-47-54(5)7-2)51-62-56(59)48-43-38-33-28-22-20-19-21-26-31-36-41-46-53(3)4/h53-55H,6-52H2,1-5H3/t54?,55-/m0/s1. The minimum absolute atomic E-state index is 0.0630. The molecular formula is C58H112O6. The van der Waals surface area contributed by atoms with Crippen LogP contribution in [0.2, 0.25) is 0 Å². The van der Waals surface area contributed by atoms with Crippen molar-refractivity contribution in [3.63, 3.8) is 0 Å². The summed E-state index contributed by atoms with van der Waals surface area (Å²) in [6.45, 7) is 11.4. The highest BCUT2D eigenvalue weighted by Gasteiger charge is 2.19. The second-order valence-electron chi connectivity index (χ2n) is 20.6. The van der Waals surface area contributed by atoms with Gasteiger partial charge in [-0.2, -0.15) is 0 Å². The molecular weight excluding hydrogens is 793 g/mol. The zero-order chi connectivity index (χ0) is 46.8. The van der Waals surface area contributed by atoms with Crippen molar-refractivity contribution in [1.82, 2.24) is 0 Å². The lowest BCUT2D eigenvalue weighted by molar-refractivity contribution is -0.167. The SMILES string of the molecule is CCCCCCCCCCCCCCCCCCCC(=O)O[C@@H](COC(=O)CCCCCCCCCCCCCCC(C)C)COC(=O)CCCCCCCCCCCCC(C)CC. The second kappa shape index (κ2) is 50.8. The molecule has 1 unspecified atom stereocenters. The van der Waals surface area contributed by atoms with Crippen molar-refractivity contribution >= 4 is 17.9 Å². The molecule has 0 aliphatic rings. The molecule has 0 bridgehead atoms. The van der Waals surface area contributed by atoms with E-state index < -0.39 is 6.10 Å². The maximum Gasteiger partial charge on any atom is 0.306 e. The number of hydrogen-bond donors (Lipinski definition) is 0. The molecule has 0 aliphatic heterocycles. The lowest BCUT2D eigenvalue weighted by atomic mass is 9.99. The molecule has 2 atom stereocenters. The van der Waals surface area contributed by atoms with Crippen molar-refractivity contribution in [1.29, 1.82) is 0 Å². The number of carbonyl (C=O) groups excluding carboxylic acids is 3. The summed E-state index contributed by atoms with van der Waals surface area (Å²) in [4.78, 5) is 38.1. The van der Waals surface area contributed by atoms with E-state index in [1.807, 2.05) is 0 Å². The molecule has 0 aromatic carbocycles. The molecule has 0 spiro atoms. The summed E-state index contributed by atoms with van der Waals surface area (Å²) < 4.78 is 16.9. The van der Waals surface area contributed by atoms with E-state index in [9.17, 15) is 14.4 Å². The highest BCUT2D eigenvalue weighted by Crippen LogP contribution is 2.18. The molecule has 0 rings (SSSR count). The first-order chi connectivity index (χ1) is 31.3. The summed E-state index contributed by atoms with van der Waals surface area (Å²) >= 11 is 0. The lowest BCUT2D eigenvalue weighted by Crippen LogP contribution is -2.30. The molecule has 0 amide bonds. The maximum atomic E-state index is 12.8. The van der Waals surface area contributed by atoms with E-state index in [2.05, 4.69) is 34.6 Å². The van der Waals surface area contributed by atoms with Gasteiger partial charge in [0.25, 0.3) is 0 Å². The van der Waals surface area contributed by atoms with Crippen molar-refractivity contribution < 1.29 is 28.6 Å². The third-order valence-corrected chi connectivity index (χ3v) is 13.6. The van der Waals surface area contributed by atoms with Crippen LogP contribution in [0.1, 0.15) is 324 Å². The van der Waals surface area contributed by atoms with Crippen LogP contribution < -0.4 is 0 Å². The monoisotopic (exact) mass is 905 g/mol. The van der Waals surface area contributed by atoms with Crippen LogP contribution in [0.3, 0.4) is 0 Å². The molecule has 0 aromatic rings. The summed E-state index contributed by atoms with van der Waals surface area (Å²) in [6.07, 6.45) is 53.7. The molecule has 6 nitrogen and oxygen atoms in total. The number of unbranched alkanes of at least 4 members (excludes halogenated alkanes) is 36. The fraction of sp³-hybridized carbons (Fsp3) is 0.948. The fourth-order valence-electron chi connectivity index (χ4n) is 8.84. The number of hydrogen-bond acceptors (Lipinski definition) is 6. The van der Waals surface area contributed by atoms with Crippen LogP contribution in [0.15, 0.2) is 0 Å². The van der Waals surface area contributed by atoms with E-state index in [0.717, 1.165) is 69.6 Å². The predicted molar refractivity (Wildman–Crippen MR) is 275 cm³/mol. The Morgan fingerprint density at radius 3 is 0.891 bits per heavy atom. The Labute approximate surface area is 399 Å². The van der Waals surface area contributed by atoms with Crippen LogP contribution >= 0.6 is 0 Å². The van der Waals surface area contributed by atoms with Gasteiger partial charge in [-0.1, -0.05) is 285 Å². The summed E-state index contributed by atoms with van der Waals surface area (Å²) in [7, 11) is 0. The molecule has 64 heavy (non-hydrogen) atoms. The normalized spacial score (nSPS) is 12.5.